The predicted octanol–water partition coefficient (Wildman–Crippen LogP) is 3.00. The molecule has 0 radical (unpaired) electrons. The first-order chi connectivity index (χ1) is 16.9. The van der Waals surface area contributed by atoms with Crippen LogP contribution < -0.4 is 0 Å². The van der Waals surface area contributed by atoms with E-state index in [4.69, 9.17) is 4.99 Å². The molecule has 2 aromatic carbocycles. The van der Waals surface area contributed by atoms with Gasteiger partial charge in [0.1, 0.15) is 18.9 Å². The molecule has 0 aliphatic carbocycles. The zero-order valence-corrected chi connectivity index (χ0v) is 20.2. The third kappa shape index (κ3) is 4.75. The van der Waals surface area contributed by atoms with E-state index in [9.17, 15) is 14.0 Å². The summed E-state index contributed by atoms with van der Waals surface area (Å²) in [5, 5.41) is 0. The van der Waals surface area contributed by atoms with E-state index in [-0.39, 0.29) is 17.8 Å². The van der Waals surface area contributed by atoms with Crippen molar-refractivity contribution >= 4 is 23.6 Å². The normalized spacial score (nSPS) is 21.6. The number of urea groups is 1. The van der Waals surface area contributed by atoms with Crippen LogP contribution in [-0.2, 0) is 17.8 Å². The highest BCUT2D eigenvalue weighted by Crippen LogP contribution is 2.24. The lowest BCUT2D eigenvalue weighted by Crippen LogP contribution is -2.61. The van der Waals surface area contributed by atoms with Gasteiger partial charge in [-0.05, 0) is 66.5 Å². The molecule has 2 saturated heterocycles. The van der Waals surface area contributed by atoms with Crippen molar-refractivity contribution < 1.29 is 18.6 Å². The van der Waals surface area contributed by atoms with Crippen molar-refractivity contribution in [3.63, 3.8) is 0 Å². The molecular weight excluding hydrogens is 445 g/mol. The number of imide groups is 1. The van der Waals surface area contributed by atoms with Gasteiger partial charge in [0.2, 0.25) is 0 Å². The van der Waals surface area contributed by atoms with Crippen LogP contribution in [0.25, 0.3) is 0 Å². The second-order valence-electron chi connectivity index (χ2n) is 9.69. The van der Waals surface area contributed by atoms with Gasteiger partial charge >= 0.3 is 11.9 Å². The molecule has 3 heterocycles. The number of halogens is 1. The molecule has 8 heteroatoms. The summed E-state index contributed by atoms with van der Waals surface area (Å²) in [6, 6.07) is 15.9. The number of benzene rings is 2. The van der Waals surface area contributed by atoms with Crippen LogP contribution in [0.3, 0.4) is 0 Å². The fraction of sp³-hybridized carbons (Fsp3) is 0.407. The number of carbonyl (C=O) groups is 2. The number of rotatable bonds is 6. The summed E-state index contributed by atoms with van der Waals surface area (Å²) in [6.07, 6.45) is 3.32. The van der Waals surface area contributed by atoms with E-state index in [0.717, 1.165) is 48.7 Å². The molecule has 0 aromatic heterocycles. The molecule has 3 aliphatic heterocycles. The van der Waals surface area contributed by atoms with Crippen LogP contribution in [0.15, 0.2) is 59.6 Å². The molecule has 0 saturated carbocycles. The maximum Gasteiger partial charge on any atom is 0.333 e. The van der Waals surface area contributed by atoms with Gasteiger partial charge in [-0.3, -0.25) is 19.5 Å². The van der Waals surface area contributed by atoms with Crippen molar-refractivity contribution in [2.45, 2.75) is 31.8 Å². The first kappa shape index (κ1) is 23.4. The monoisotopic (exact) mass is 476 g/mol. The molecule has 3 amide bonds. The SMILES string of the molecule is CN1C(=O)C2C(=NC(CN3CCC(Cc4ccccc4)CC3)=[N+]2Cc2ccc(F)cc2)N(C)C1=O. The Morgan fingerprint density at radius 2 is 1.63 bits per heavy atom. The third-order valence-electron chi connectivity index (χ3n) is 7.32. The Bertz CT molecular complexity index is 1170. The van der Waals surface area contributed by atoms with Crippen LogP contribution >= 0.6 is 0 Å². The average Bonchev–Trinajstić information content (AvgIpc) is 3.22. The number of fused-ring (bicyclic) bond motifs is 1. The first-order valence-electron chi connectivity index (χ1n) is 12.2. The molecule has 7 nitrogen and oxygen atoms in total. The summed E-state index contributed by atoms with van der Waals surface area (Å²) < 4.78 is 15.5. The van der Waals surface area contributed by atoms with Gasteiger partial charge in [-0.25, -0.2) is 13.8 Å². The van der Waals surface area contributed by atoms with Gasteiger partial charge < -0.3 is 0 Å². The third-order valence-corrected chi connectivity index (χ3v) is 7.32. The largest absolute Gasteiger partial charge is 0.333 e. The number of likely N-dealkylation sites (tertiary alicyclic amines) is 1. The fourth-order valence-corrected chi connectivity index (χ4v) is 5.24. The zero-order valence-electron chi connectivity index (χ0n) is 20.2. The van der Waals surface area contributed by atoms with Gasteiger partial charge in [-0.1, -0.05) is 42.5 Å². The summed E-state index contributed by atoms with van der Waals surface area (Å²) in [6.45, 7) is 2.95. The Hall–Kier alpha value is -3.39. The quantitative estimate of drug-likeness (QED) is 0.603. The number of hydrogen-bond acceptors (Lipinski definition) is 4. The van der Waals surface area contributed by atoms with E-state index in [0.29, 0.717) is 24.8 Å². The zero-order chi connectivity index (χ0) is 24.5. The summed E-state index contributed by atoms with van der Waals surface area (Å²) in [5.74, 6) is 1.32. The molecule has 35 heavy (non-hydrogen) atoms. The number of hydrogen-bond donors (Lipinski definition) is 0. The number of nitrogens with zero attached hydrogens (tertiary/aromatic N) is 5. The molecular formula is C27H31FN5O2+. The predicted molar refractivity (Wildman–Crippen MR) is 132 cm³/mol. The highest BCUT2D eigenvalue weighted by Gasteiger charge is 2.53. The minimum atomic E-state index is -0.654. The molecule has 1 atom stereocenters. The molecule has 0 spiro atoms. The maximum absolute atomic E-state index is 13.5. The molecule has 2 aromatic rings. The van der Waals surface area contributed by atoms with E-state index >= 15 is 0 Å². The topological polar surface area (TPSA) is 59.2 Å². The minimum absolute atomic E-state index is 0.287. The van der Waals surface area contributed by atoms with Crippen molar-refractivity contribution in [1.29, 1.82) is 0 Å². The van der Waals surface area contributed by atoms with Crippen molar-refractivity contribution in [3.8, 4) is 0 Å². The Morgan fingerprint density at radius 1 is 0.943 bits per heavy atom. The highest BCUT2D eigenvalue weighted by molar-refractivity contribution is 6.23. The molecule has 0 N–H and O–H groups in total. The second-order valence-corrected chi connectivity index (χ2v) is 9.69. The van der Waals surface area contributed by atoms with E-state index in [2.05, 4.69) is 35.2 Å². The number of piperidine rings is 1. The van der Waals surface area contributed by atoms with Crippen LogP contribution in [-0.4, -0.2) is 82.7 Å². The van der Waals surface area contributed by atoms with Gasteiger partial charge in [0, 0.05) is 14.1 Å². The number of amidine groups is 2. The van der Waals surface area contributed by atoms with E-state index in [1.165, 1.54) is 29.6 Å². The standard InChI is InChI=1S/C27H31FN5O2/c1-30-25-24(26(34)31(2)27(30)35)33(17-21-8-10-22(28)11-9-21)23(29-25)18-32-14-12-20(13-15-32)16-19-6-4-3-5-7-19/h3-11,20,24H,12-18H2,1-2H3/q+1. The maximum atomic E-state index is 13.5. The van der Waals surface area contributed by atoms with E-state index in [1.807, 2.05) is 4.58 Å². The van der Waals surface area contributed by atoms with Crippen LogP contribution in [0.2, 0.25) is 0 Å². The lowest BCUT2D eigenvalue weighted by atomic mass is 9.90. The number of aliphatic imine (C=N–C) groups is 1. The van der Waals surface area contributed by atoms with Gasteiger partial charge in [-0.15, -0.1) is 0 Å². The highest BCUT2D eigenvalue weighted by atomic mass is 19.1. The summed E-state index contributed by atoms with van der Waals surface area (Å²) in [4.78, 5) is 35.5. The van der Waals surface area contributed by atoms with Gasteiger partial charge in [0.05, 0.1) is 0 Å². The minimum Gasteiger partial charge on any atom is -0.292 e. The van der Waals surface area contributed by atoms with Crippen molar-refractivity contribution in [2.24, 2.45) is 10.9 Å². The molecule has 5 rings (SSSR count). The number of amides is 3. The first-order valence-corrected chi connectivity index (χ1v) is 12.2. The van der Waals surface area contributed by atoms with Crippen molar-refractivity contribution in [3.05, 3.63) is 71.5 Å². The smallest absolute Gasteiger partial charge is 0.292 e. The Kier molecular flexibility index (Phi) is 6.47. The van der Waals surface area contributed by atoms with Crippen LogP contribution in [0.4, 0.5) is 9.18 Å². The van der Waals surface area contributed by atoms with Gasteiger partial charge in [0.15, 0.2) is 0 Å². The van der Waals surface area contributed by atoms with E-state index < -0.39 is 6.04 Å². The molecule has 1 unspecified atom stereocenters. The Labute approximate surface area is 205 Å². The Morgan fingerprint density at radius 3 is 2.31 bits per heavy atom. The summed E-state index contributed by atoms with van der Waals surface area (Å²) >= 11 is 0. The summed E-state index contributed by atoms with van der Waals surface area (Å²) in [5.41, 5.74) is 2.27. The molecule has 2 fully saturated rings. The van der Waals surface area contributed by atoms with Crippen molar-refractivity contribution in [1.82, 2.24) is 14.7 Å². The second kappa shape index (κ2) is 9.70. The van der Waals surface area contributed by atoms with Gasteiger partial charge in [0.25, 0.3) is 17.8 Å². The lowest BCUT2D eigenvalue weighted by Gasteiger charge is -2.31. The van der Waals surface area contributed by atoms with Crippen LogP contribution in [0.5, 0.6) is 0 Å². The fourth-order valence-electron chi connectivity index (χ4n) is 5.24. The number of carbonyl (C=O) groups excluding carboxylic acids is 2. The van der Waals surface area contributed by atoms with Crippen LogP contribution in [0.1, 0.15) is 24.0 Å². The number of likely N-dealkylation sites (N-methyl/N-ethyl adjacent to an activating group) is 2. The average molecular weight is 477 g/mol. The summed E-state index contributed by atoms with van der Waals surface area (Å²) in [7, 11) is 3.16. The van der Waals surface area contributed by atoms with Gasteiger partial charge in [-0.2, -0.15) is 0 Å². The molecule has 3 aliphatic rings. The molecule has 0 bridgehead atoms. The Balaban J connectivity index is 1.35. The van der Waals surface area contributed by atoms with Crippen LogP contribution in [0, 0.1) is 11.7 Å². The van der Waals surface area contributed by atoms with E-state index in [1.54, 1.807) is 19.2 Å². The molecule has 182 valence electrons. The van der Waals surface area contributed by atoms with Crippen molar-refractivity contribution in [2.75, 3.05) is 33.7 Å². The lowest BCUT2D eigenvalue weighted by molar-refractivity contribution is -0.552.